The van der Waals surface area contributed by atoms with E-state index in [1.807, 2.05) is 0 Å². The van der Waals surface area contributed by atoms with Gasteiger partial charge in [-0.2, -0.15) is 8.42 Å². The maximum Gasteiger partial charge on any atom is 0.451 e. The first-order valence-electron chi connectivity index (χ1n) is 7.67. The van der Waals surface area contributed by atoms with Gasteiger partial charge in [-0.25, -0.2) is 8.98 Å². The van der Waals surface area contributed by atoms with Crippen molar-refractivity contribution in [3.8, 4) is 0 Å². The molecule has 0 radical (unpaired) electrons. The second-order valence-corrected chi connectivity index (χ2v) is 6.43. The zero-order valence-electron chi connectivity index (χ0n) is 13.2. The fraction of sp³-hybridized carbons (Fsp3) is 0.800. The van der Waals surface area contributed by atoms with Crippen molar-refractivity contribution in [1.29, 1.82) is 0 Å². The average molecular weight is 320 g/mol. The molecule has 5 nitrogen and oxygen atoms in total. The minimum atomic E-state index is -4.24. The summed E-state index contributed by atoms with van der Waals surface area (Å²) in [4.78, 5) is 11.1. The van der Waals surface area contributed by atoms with E-state index in [1.54, 1.807) is 0 Å². The van der Waals surface area contributed by atoms with Crippen LogP contribution in [0.2, 0.25) is 0 Å². The number of rotatable bonds is 13. The molecule has 0 saturated heterocycles. The Hall–Kier alpha value is -0.880. The summed E-state index contributed by atoms with van der Waals surface area (Å²) in [7, 11) is -4.24. The molecule has 0 aliphatic rings. The van der Waals surface area contributed by atoms with Crippen LogP contribution >= 0.6 is 0 Å². The highest BCUT2D eigenvalue weighted by Crippen LogP contribution is 2.10. The molecule has 0 amide bonds. The number of hydrogen-bond donors (Lipinski definition) is 0. The first-order valence-corrected chi connectivity index (χ1v) is 9.01. The van der Waals surface area contributed by atoms with Crippen LogP contribution in [-0.2, 0) is 23.6 Å². The van der Waals surface area contributed by atoms with Gasteiger partial charge in [0.05, 0.1) is 6.61 Å². The Morgan fingerprint density at radius 2 is 1.43 bits per heavy atom. The molecule has 0 atom stereocenters. The van der Waals surface area contributed by atoms with Gasteiger partial charge in [0, 0.05) is 5.57 Å². The molecule has 0 aromatic heterocycles. The summed E-state index contributed by atoms with van der Waals surface area (Å²) < 4.78 is 31.3. The fourth-order valence-corrected chi connectivity index (χ4v) is 2.46. The smallest absolute Gasteiger partial charge is 0.320 e. The van der Waals surface area contributed by atoms with Crippen LogP contribution in [0.3, 0.4) is 0 Å². The normalized spacial score (nSPS) is 11.3. The van der Waals surface area contributed by atoms with Crippen molar-refractivity contribution in [1.82, 2.24) is 0 Å². The minimum absolute atomic E-state index is 0.0187. The molecule has 0 rings (SSSR count). The van der Waals surface area contributed by atoms with Gasteiger partial charge in [0.2, 0.25) is 0 Å². The van der Waals surface area contributed by atoms with Gasteiger partial charge in [-0.05, 0) is 13.3 Å². The first kappa shape index (κ1) is 20.1. The maximum absolute atomic E-state index is 11.3. The van der Waals surface area contributed by atoms with Gasteiger partial charge < -0.3 is 4.18 Å². The van der Waals surface area contributed by atoms with E-state index in [0.717, 1.165) is 12.8 Å². The van der Waals surface area contributed by atoms with Gasteiger partial charge in [-0.1, -0.05) is 64.9 Å². The molecule has 21 heavy (non-hydrogen) atoms. The van der Waals surface area contributed by atoms with Gasteiger partial charge >= 0.3 is 16.4 Å². The molecule has 0 N–H and O–H groups in total. The molecule has 0 aromatic rings. The Kier molecular flexibility index (Phi) is 11.3. The van der Waals surface area contributed by atoms with Crippen molar-refractivity contribution in [2.75, 3.05) is 6.61 Å². The lowest BCUT2D eigenvalue weighted by Crippen LogP contribution is -2.16. The third-order valence-electron chi connectivity index (χ3n) is 3.00. The minimum Gasteiger partial charge on any atom is -0.320 e. The van der Waals surface area contributed by atoms with Gasteiger partial charge in [0.25, 0.3) is 0 Å². The van der Waals surface area contributed by atoms with Gasteiger partial charge in [-0.3, -0.25) is 0 Å². The molecule has 6 heteroatoms. The standard InChI is InChI=1S/C15H28O5S/c1-4-5-6-7-8-9-10-11-12-13-19-21(17,18)20-15(16)14(2)3/h2,4-13H2,1,3H3. The van der Waals surface area contributed by atoms with Crippen molar-refractivity contribution in [3.05, 3.63) is 12.2 Å². The van der Waals surface area contributed by atoms with Crippen molar-refractivity contribution < 1.29 is 21.6 Å². The summed E-state index contributed by atoms with van der Waals surface area (Å²) in [5, 5.41) is 0. The molecule has 0 spiro atoms. The lowest BCUT2D eigenvalue weighted by atomic mass is 10.1. The van der Waals surface area contributed by atoms with Crippen LogP contribution < -0.4 is 0 Å². The molecule has 0 fully saturated rings. The molecule has 0 bridgehead atoms. The summed E-state index contributed by atoms with van der Waals surface area (Å²) in [5.74, 6) is -0.984. The summed E-state index contributed by atoms with van der Waals surface area (Å²) in [6, 6.07) is 0. The average Bonchev–Trinajstić information content (AvgIpc) is 2.40. The van der Waals surface area contributed by atoms with Crippen LogP contribution in [0.1, 0.15) is 71.6 Å². The maximum atomic E-state index is 11.3. The Bertz CT molecular complexity index is 400. The predicted molar refractivity (Wildman–Crippen MR) is 83.0 cm³/mol. The van der Waals surface area contributed by atoms with Crippen LogP contribution in [0.5, 0.6) is 0 Å². The van der Waals surface area contributed by atoms with Crippen LogP contribution in [0.4, 0.5) is 0 Å². The Morgan fingerprint density at radius 1 is 0.952 bits per heavy atom. The third kappa shape index (κ3) is 12.6. The molecule has 0 aromatic carbocycles. The van der Waals surface area contributed by atoms with Gasteiger partial charge in [0.1, 0.15) is 0 Å². The van der Waals surface area contributed by atoms with E-state index in [-0.39, 0.29) is 12.2 Å². The molecular weight excluding hydrogens is 292 g/mol. The quantitative estimate of drug-likeness (QED) is 0.380. The summed E-state index contributed by atoms with van der Waals surface area (Å²) in [5.41, 5.74) is 0.0187. The van der Waals surface area contributed by atoms with E-state index in [1.165, 1.54) is 45.4 Å². The zero-order valence-corrected chi connectivity index (χ0v) is 14.0. The molecule has 0 aliphatic heterocycles. The lowest BCUT2D eigenvalue weighted by Gasteiger charge is -2.05. The van der Waals surface area contributed by atoms with E-state index >= 15 is 0 Å². The highest BCUT2D eigenvalue weighted by molar-refractivity contribution is 7.82. The van der Waals surface area contributed by atoms with E-state index in [9.17, 15) is 13.2 Å². The highest BCUT2D eigenvalue weighted by atomic mass is 32.3. The molecule has 124 valence electrons. The van der Waals surface area contributed by atoms with Gasteiger partial charge in [0.15, 0.2) is 0 Å². The second kappa shape index (κ2) is 11.7. The molecule has 0 aliphatic carbocycles. The first-order chi connectivity index (χ1) is 9.89. The van der Waals surface area contributed by atoms with Crippen LogP contribution in [0, 0.1) is 0 Å². The number of unbranched alkanes of at least 4 members (excludes halogenated alkanes) is 8. The molecule has 0 unspecified atom stereocenters. The Balaban J connectivity index is 3.53. The molecular formula is C15H28O5S. The van der Waals surface area contributed by atoms with Gasteiger partial charge in [-0.15, -0.1) is 0 Å². The van der Waals surface area contributed by atoms with Crippen molar-refractivity contribution in [2.24, 2.45) is 0 Å². The largest absolute Gasteiger partial charge is 0.451 e. The number of carbonyl (C=O) groups is 1. The van der Waals surface area contributed by atoms with Crippen molar-refractivity contribution in [2.45, 2.75) is 71.6 Å². The fourth-order valence-electron chi connectivity index (χ4n) is 1.76. The summed E-state index contributed by atoms with van der Waals surface area (Å²) in [6.07, 6.45) is 10.1. The van der Waals surface area contributed by atoms with E-state index < -0.39 is 16.4 Å². The number of hydrogen-bond acceptors (Lipinski definition) is 5. The summed E-state index contributed by atoms with van der Waals surface area (Å²) >= 11 is 0. The van der Waals surface area contributed by atoms with E-state index in [2.05, 4.69) is 21.9 Å². The second-order valence-electron chi connectivity index (χ2n) is 5.21. The van der Waals surface area contributed by atoms with E-state index in [0.29, 0.717) is 6.42 Å². The Morgan fingerprint density at radius 3 is 1.90 bits per heavy atom. The van der Waals surface area contributed by atoms with Crippen LogP contribution in [0.25, 0.3) is 0 Å². The third-order valence-corrected chi connectivity index (χ3v) is 3.81. The van der Waals surface area contributed by atoms with Crippen LogP contribution in [-0.4, -0.2) is 21.0 Å². The highest BCUT2D eigenvalue weighted by Gasteiger charge is 2.18. The Labute approximate surface area is 129 Å². The van der Waals surface area contributed by atoms with Crippen molar-refractivity contribution >= 4 is 16.4 Å². The zero-order chi connectivity index (χ0) is 16.1. The monoisotopic (exact) mass is 320 g/mol. The number of carbonyl (C=O) groups excluding carboxylic acids is 1. The lowest BCUT2D eigenvalue weighted by molar-refractivity contribution is -0.130. The SMILES string of the molecule is C=C(C)C(=O)OS(=O)(=O)OCCCCCCCCCCC. The topological polar surface area (TPSA) is 69.7 Å². The summed E-state index contributed by atoms with van der Waals surface area (Å²) in [6.45, 7) is 6.91. The van der Waals surface area contributed by atoms with Crippen LogP contribution in [0.15, 0.2) is 12.2 Å². The molecule has 0 saturated carbocycles. The predicted octanol–water partition coefficient (Wildman–Crippen LogP) is 3.90. The van der Waals surface area contributed by atoms with E-state index in [4.69, 9.17) is 0 Å². The molecule has 0 heterocycles. The van der Waals surface area contributed by atoms with Crippen molar-refractivity contribution in [3.63, 3.8) is 0 Å².